The average molecular weight is 459 g/mol. The third kappa shape index (κ3) is 5.54. The minimum absolute atomic E-state index is 0.0915. The largest absolute Gasteiger partial charge is 0.389 e. The van der Waals surface area contributed by atoms with E-state index in [1.807, 2.05) is 0 Å². The second kappa shape index (κ2) is 8.57. The van der Waals surface area contributed by atoms with Crippen LogP contribution in [0.4, 0.5) is 22.0 Å². The van der Waals surface area contributed by atoms with Gasteiger partial charge < -0.3 is 11.1 Å². The van der Waals surface area contributed by atoms with E-state index in [0.717, 1.165) is 12.8 Å². The van der Waals surface area contributed by atoms with Crippen LogP contribution >= 0.6 is 0 Å². The minimum atomic E-state index is -4.39. The number of hydrogen-bond donors (Lipinski definition) is 2. The predicted molar refractivity (Wildman–Crippen MR) is 106 cm³/mol. The van der Waals surface area contributed by atoms with Crippen molar-refractivity contribution in [2.45, 2.75) is 75.5 Å². The van der Waals surface area contributed by atoms with E-state index in [1.54, 1.807) is 22.9 Å². The van der Waals surface area contributed by atoms with Gasteiger partial charge in [-0.3, -0.25) is 9.20 Å². The Labute approximate surface area is 181 Å². The first-order chi connectivity index (χ1) is 15.0. The second-order valence-electron chi connectivity index (χ2n) is 8.94. The number of fused-ring (bicyclic) bond motifs is 1. The summed E-state index contributed by atoms with van der Waals surface area (Å²) in [4.78, 5) is 21.0. The molecule has 0 radical (unpaired) electrons. The highest BCUT2D eigenvalue weighted by Gasteiger charge is 2.38. The molecule has 2 aromatic rings. The zero-order chi connectivity index (χ0) is 23.1. The summed E-state index contributed by atoms with van der Waals surface area (Å²) in [5.74, 6) is -2.91. The van der Waals surface area contributed by atoms with Gasteiger partial charge in [0.05, 0.1) is 29.9 Å². The van der Waals surface area contributed by atoms with Crippen LogP contribution in [0.25, 0.3) is 5.78 Å². The third-order valence-electron chi connectivity index (χ3n) is 6.34. The summed E-state index contributed by atoms with van der Waals surface area (Å²) in [6, 6.07) is 0.741. The molecule has 4 rings (SSSR count). The van der Waals surface area contributed by atoms with Crippen molar-refractivity contribution in [1.82, 2.24) is 19.7 Å². The maximum Gasteiger partial charge on any atom is 0.389 e. The van der Waals surface area contributed by atoms with Crippen LogP contribution in [0.2, 0.25) is 0 Å². The Kier molecular flexibility index (Phi) is 6.12. The van der Waals surface area contributed by atoms with Gasteiger partial charge in [-0.1, -0.05) is 0 Å². The van der Waals surface area contributed by atoms with Gasteiger partial charge in [0.15, 0.2) is 0 Å². The van der Waals surface area contributed by atoms with Crippen molar-refractivity contribution in [2.75, 3.05) is 0 Å². The first-order valence-electron chi connectivity index (χ1n) is 10.9. The molecule has 2 aromatic heterocycles. The van der Waals surface area contributed by atoms with Crippen molar-refractivity contribution < 1.29 is 26.7 Å². The number of nitrogens with two attached hydrogens (primary N) is 1. The van der Waals surface area contributed by atoms with E-state index in [-0.39, 0.29) is 24.7 Å². The third-order valence-corrected chi connectivity index (χ3v) is 6.34. The van der Waals surface area contributed by atoms with E-state index in [2.05, 4.69) is 15.3 Å². The number of nitrogens with zero attached hydrogens (tertiary/aromatic N) is 3. The zero-order valence-electron chi connectivity index (χ0n) is 17.4. The van der Waals surface area contributed by atoms with E-state index in [4.69, 9.17) is 5.73 Å². The van der Waals surface area contributed by atoms with Crippen LogP contribution in [0.5, 0.6) is 0 Å². The van der Waals surface area contributed by atoms with Gasteiger partial charge in [0.25, 0.3) is 0 Å². The lowest BCUT2D eigenvalue weighted by Crippen LogP contribution is -2.31. The molecule has 176 valence electrons. The molecule has 2 aliphatic rings. The fourth-order valence-corrected chi connectivity index (χ4v) is 4.26. The van der Waals surface area contributed by atoms with Crippen LogP contribution in [0.3, 0.4) is 0 Å². The van der Waals surface area contributed by atoms with E-state index in [1.165, 1.54) is 0 Å². The Bertz CT molecular complexity index is 961. The number of imidazole rings is 1. The van der Waals surface area contributed by atoms with Crippen LogP contribution in [0.1, 0.15) is 74.8 Å². The summed E-state index contributed by atoms with van der Waals surface area (Å²) >= 11 is 0. The van der Waals surface area contributed by atoms with Crippen molar-refractivity contribution in [3.8, 4) is 0 Å². The summed E-state index contributed by atoms with van der Waals surface area (Å²) in [5.41, 5.74) is 7.40. The molecule has 2 aliphatic carbocycles. The number of carbonyl (C=O) groups excluding carboxylic acids is 1. The summed E-state index contributed by atoms with van der Waals surface area (Å²) in [5, 5.41) is 2.69. The normalized spacial score (nSPS) is 21.4. The zero-order valence-corrected chi connectivity index (χ0v) is 17.4. The van der Waals surface area contributed by atoms with Crippen molar-refractivity contribution in [3.05, 3.63) is 29.8 Å². The van der Waals surface area contributed by atoms with Gasteiger partial charge in [0, 0.05) is 31.7 Å². The maximum atomic E-state index is 13.4. The Morgan fingerprint density at radius 1 is 1.16 bits per heavy atom. The van der Waals surface area contributed by atoms with Gasteiger partial charge in [-0.2, -0.15) is 13.2 Å². The molecule has 2 atom stereocenters. The summed E-state index contributed by atoms with van der Waals surface area (Å²) < 4.78 is 65.8. The van der Waals surface area contributed by atoms with Crippen LogP contribution in [0, 0.1) is 11.8 Å². The van der Waals surface area contributed by atoms with Gasteiger partial charge >= 0.3 is 6.18 Å². The van der Waals surface area contributed by atoms with E-state index >= 15 is 0 Å². The maximum absolute atomic E-state index is 13.4. The van der Waals surface area contributed by atoms with Crippen molar-refractivity contribution >= 4 is 11.7 Å². The quantitative estimate of drug-likeness (QED) is 0.599. The molecular weight excluding hydrogens is 433 g/mol. The second-order valence-corrected chi connectivity index (χ2v) is 8.94. The van der Waals surface area contributed by atoms with E-state index in [9.17, 15) is 26.7 Å². The van der Waals surface area contributed by atoms with Crippen LogP contribution in [-0.4, -0.2) is 32.4 Å². The van der Waals surface area contributed by atoms with Gasteiger partial charge in [-0.15, -0.1) is 0 Å². The molecule has 2 fully saturated rings. The Morgan fingerprint density at radius 3 is 2.44 bits per heavy atom. The van der Waals surface area contributed by atoms with Gasteiger partial charge in [-0.05, 0) is 43.6 Å². The standard InChI is InChI=1S/C21H26F5N5O/c22-20(23)7-3-12(4-8-20)17(27)15-11-31-10-6-14(28-19(31)29-15)18(13-1-2-13)30-16(32)5-9-21(24,25)26/h6,10-13,17-18H,1-5,7-9,27H2,(H,30,32)/t17?,18-/m1/s1. The number of alkyl halides is 5. The van der Waals surface area contributed by atoms with E-state index < -0.39 is 42.9 Å². The van der Waals surface area contributed by atoms with Crippen molar-refractivity contribution in [3.63, 3.8) is 0 Å². The van der Waals surface area contributed by atoms with E-state index in [0.29, 0.717) is 30.0 Å². The molecule has 0 aromatic carbocycles. The number of nitrogens with one attached hydrogen (secondary N) is 1. The Morgan fingerprint density at radius 2 is 1.81 bits per heavy atom. The van der Waals surface area contributed by atoms with Crippen molar-refractivity contribution in [2.24, 2.45) is 17.6 Å². The number of rotatable bonds is 7. The molecule has 0 bridgehead atoms. The fraction of sp³-hybridized carbons (Fsp3) is 0.667. The van der Waals surface area contributed by atoms with Crippen LogP contribution in [0.15, 0.2) is 18.5 Å². The summed E-state index contributed by atoms with van der Waals surface area (Å²) in [7, 11) is 0. The molecule has 32 heavy (non-hydrogen) atoms. The van der Waals surface area contributed by atoms with Gasteiger partial charge in [-0.25, -0.2) is 18.7 Å². The monoisotopic (exact) mass is 459 g/mol. The minimum Gasteiger partial charge on any atom is -0.347 e. The molecule has 0 saturated heterocycles. The molecular formula is C21H26F5N5O. The molecule has 1 unspecified atom stereocenters. The molecule has 0 spiro atoms. The SMILES string of the molecule is NC(c1cn2ccc([C@H](NC(=O)CCC(F)(F)F)C3CC3)nc2n1)C1CCC(F)(F)CC1. The lowest BCUT2D eigenvalue weighted by Gasteiger charge is -2.31. The molecule has 1 amide bonds. The molecule has 2 saturated carbocycles. The lowest BCUT2D eigenvalue weighted by atomic mass is 9.81. The summed E-state index contributed by atoms with van der Waals surface area (Å²) in [6.45, 7) is 0. The molecule has 3 N–H and O–H groups in total. The Hall–Kier alpha value is -2.30. The highest BCUT2D eigenvalue weighted by Crippen LogP contribution is 2.42. The first kappa shape index (κ1) is 22.9. The Balaban J connectivity index is 1.47. The number of halogens is 5. The van der Waals surface area contributed by atoms with Crippen LogP contribution < -0.4 is 11.1 Å². The smallest absolute Gasteiger partial charge is 0.347 e. The lowest BCUT2D eigenvalue weighted by molar-refractivity contribution is -0.144. The van der Waals surface area contributed by atoms with Gasteiger partial charge in [0.1, 0.15) is 0 Å². The number of carbonyl (C=O) groups is 1. The highest BCUT2D eigenvalue weighted by molar-refractivity contribution is 5.76. The predicted octanol–water partition coefficient (Wildman–Crippen LogP) is 4.46. The van der Waals surface area contributed by atoms with Gasteiger partial charge in [0.2, 0.25) is 17.6 Å². The first-order valence-corrected chi connectivity index (χ1v) is 10.9. The number of amides is 1. The molecule has 0 aliphatic heterocycles. The van der Waals surface area contributed by atoms with Crippen LogP contribution in [-0.2, 0) is 4.79 Å². The average Bonchev–Trinajstić information content (AvgIpc) is 3.47. The fourth-order valence-electron chi connectivity index (χ4n) is 4.26. The molecule has 6 nitrogen and oxygen atoms in total. The number of aromatic nitrogens is 3. The highest BCUT2D eigenvalue weighted by atomic mass is 19.4. The number of hydrogen-bond acceptors (Lipinski definition) is 4. The van der Waals surface area contributed by atoms with Crippen molar-refractivity contribution in [1.29, 1.82) is 0 Å². The molecule has 2 heterocycles. The summed E-state index contributed by atoms with van der Waals surface area (Å²) in [6.07, 6.45) is -0.746. The topological polar surface area (TPSA) is 85.3 Å². The molecule has 11 heteroatoms.